The number of rotatable bonds is 3. The Labute approximate surface area is 140 Å². The molecule has 3 rings (SSSR count). The van der Waals surface area contributed by atoms with Crippen molar-refractivity contribution in [1.82, 2.24) is 10.2 Å². The van der Waals surface area contributed by atoms with Crippen LogP contribution in [0.15, 0.2) is 0 Å². The van der Waals surface area contributed by atoms with Crippen LogP contribution in [0.4, 0.5) is 4.79 Å². The first-order valence-electron chi connectivity index (χ1n) is 9.02. The number of amides is 2. The molecule has 23 heavy (non-hydrogen) atoms. The van der Waals surface area contributed by atoms with Crippen molar-refractivity contribution in [3.63, 3.8) is 0 Å². The molecule has 5 heteroatoms. The molecule has 1 spiro atoms. The normalized spacial score (nSPS) is 31.2. The molecule has 1 unspecified atom stereocenters. The van der Waals surface area contributed by atoms with Gasteiger partial charge in [-0.15, -0.1) is 0 Å². The Morgan fingerprint density at radius 3 is 2.61 bits per heavy atom. The summed E-state index contributed by atoms with van der Waals surface area (Å²) in [6.07, 6.45) is 4.80. The molecule has 2 aliphatic heterocycles. The third-order valence-electron chi connectivity index (χ3n) is 5.80. The SMILES string of the molecule is CC1(C)CN(C(=O)NCC(C)(C)C2CCC2)CC2(CCOC2)O1. The summed E-state index contributed by atoms with van der Waals surface area (Å²) >= 11 is 0. The number of carbonyl (C=O) groups excluding carboxylic acids is 1. The predicted molar refractivity (Wildman–Crippen MR) is 89.4 cm³/mol. The van der Waals surface area contributed by atoms with Crippen molar-refractivity contribution in [2.24, 2.45) is 11.3 Å². The molecule has 1 aliphatic carbocycles. The number of morpholine rings is 1. The molecule has 1 atom stereocenters. The van der Waals surface area contributed by atoms with E-state index in [0.29, 0.717) is 19.7 Å². The minimum absolute atomic E-state index is 0.0417. The maximum absolute atomic E-state index is 12.7. The van der Waals surface area contributed by atoms with E-state index in [-0.39, 0.29) is 22.6 Å². The molecule has 3 aliphatic rings. The third-order valence-corrected chi connectivity index (χ3v) is 5.80. The molecule has 132 valence electrons. The summed E-state index contributed by atoms with van der Waals surface area (Å²) in [6, 6.07) is 0.0417. The largest absolute Gasteiger partial charge is 0.378 e. The number of urea groups is 1. The highest BCUT2D eigenvalue weighted by molar-refractivity contribution is 5.74. The standard InChI is InChI=1S/C18H32N2O3/c1-16(2,14-6-5-7-14)10-19-15(21)20-11-17(3,4)23-18(12-20)8-9-22-13-18/h14H,5-13H2,1-4H3,(H,19,21). The Bertz CT molecular complexity index is 451. The number of ether oxygens (including phenoxy) is 2. The van der Waals surface area contributed by atoms with E-state index >= 15 is 0 Å². The molecule has 1 saturated carbocycles. The summed E-state index contributed by atoms with van der Waals surface area (Å²) in [4.78, 5) is 14.6. The van der Waals surface area contributed by atoms with Crippen molar-refractivity contribution in [1.29, 1.82) is 0 Å². The van der Waals surface area contributed by atoms with Crippen LogP contribution in [-0.4, -0.2) is 55.0 Å². The molecule has 5 nitrogen and oxygen atoms in total. The smallest absolute Gasteiger partial charge is 0.317 e. The number of hydrogen-bond donors (Lipinski definition) is 1. The van der Waals surface area contributed by atoms with Gasteiger partial charge in [-0.1, -0.05) is 20.3 Å². The van der Waals surface area contributed by atoms with Crippen molar-refractivity contribution < 1.29 is 14.3 Å². The summed E-state index contributed by atoms with van der Waals surface area (Å²) in [6.45, 7) is 12.0. The number of nitrogens with one attached hydrogen (secondary N) is 1. The van der Waals surface area contributed by atoms with Crippen molar-refractivity contribution in [3.05, 3.63) is 0 Å². The zero-order valence-electron chi connectivity index (χ0n) is 15.1. The highest BCUT2D eigenvalue weighted by Gasteiger charge is 2.48. The minimum Gasteiger partial charge on any atom is -0.378 e. The van der Waals surface area contributed by atoms with E-state index in [1.807, 2.05) is 4.90 Å². The highest BCUT2D eigenvalue weighted by atomic mass is 16.6. The Balaban J connectivity index is 1.59. The first-order chi connectivity index (χ1) is 10.7. The van der Waals surface area contributed by atoms with Crippen molar-refractivity contribution in [3.8, 4) is 0 Å². The zero-order valence-corrected chi connectivity index (χ0v) is 15.1. The fraction of sp³-hybridized carbons (Fsp3) is 0.944. The monoisotopic (exact) mass is 324 g/mol. The molecule has 0 aromatic carbocycles. The Morgan fingerprint density at radius 1 is 1.30 bits per heavy atom. The van der Waals surface area contributed by atoms with E-state index in [4.69, 9.17) is 9.47 Å². The maximum atomic E-state index is 12.7. The van der Waals surface area contributed by atoms with Gasteiger partial charge < -0.3 is 19.7 Å². The van der Waals surface area contributed by atoms with Gasteiger partial charge in [0, 0.05) is 19.6 Å². The highest BCUT2D eigenvalue weighted by Crippen LogP contribution is 2.41. The predicted octanol–water partition coefficient (Wildman–Crippen LogP) is 2.79. The second kappa shape index (κ2) is 5.92. The maximum Gasteiger partial charge on any atom is 0.317 e. The van der Waals surface area contributed by atoms with Gasteiger partial charge in [0.2, 0.25) is 0 Å². The van der Waals surface area contributed by atoms with Gasteiger partial charge in [0.05, 0.1) is 25.3 Å². The van der Waals surface area contributed by atoms with E-state index in [2.05, 4.69) is 33.0 Å². The average Bonchev–Trinajstić information content (AvgIpc) is 2.78. The lowest BCUT2D eigenvalue weighted by Crippen LogP contribution is -2.63. The fourth-order valence-electron chi connectivity index (χ4n) is 4.20. The van der Waals surface area contributed by atoms with Gasteiger partial charge in [-0.25, -0.2) is 4.79 Å². The van der Waals surface area contributed by atoms with E-state index in [9.17, 15) is 4.79 Å². The topological polar surface area (TPSA) is 50.8 Å². The van der Waals surface area contributed by atoms with E-state index in [0.717, 1.165) is 25.5 Å². The van der Waals surface area contributed by atoms with Gasteiger partial charge in [-0.2, -0.15) is 0 Å². The van der Waals surface area contributed by atoms with Crippen LogP contribution >= 0.6 is 0 Å². The van der Waals surface area contributed by atoms with Crippen molar-refractivity contribution in [2.45, 2.75) is 64.6 Å². The molecule has 2 heterocycles. The average molecular weight is 324 g/mol. The van der Waals surface area contributed by atoms with Crippen LogP contribution < -0.4 is 5.32 Å². The van der Waals surface area contributed by atoms with Crippen LogP contribution in [0.1, 0.15) is 53.4 Å². The van der Waals surface area contributed by atoms with Crippen LogP contribution in [0.2, 0.25) is 0 Å². The molecule has 0 bridgehead atoms. The van der Waals surface area contributed by atoms with Crippen LogP contribution in [-0.2, 0) is 9.47 Å². The zero-order chi connectivity index (χ0) is 16.7. The summed E-state index contributed by atoms with van der Waals surface area (Å²) in [5.74, 6) is 0.749. The van der Waals surface area contributed by atoms with Crippen molar-refractivity contribution in [2.75, 3.05) is 32.8 Å². The van der Waals surface area contributed by atoms with Crippen LogP contribution in [0.25, 0.3) is 0 Å². The molecule has 2 saturated heterocycles. The second-order valence-corrected chi connectivity index (χ2v) is 8.98. The van der Waals surface area contributed by atoms with E-state index < -0.39 is 0 Å². The minimum atomic E-state index is -0.327. The molecule has 3 fully saturated rings. The summed E-state index contributed by atoms with van der Waals surface area (Å²) in [5.41, 5.74) is -0.459. The second-order valence-electron chi connectivity index (χ2n) is 8.98. The first kappa shape index (κ1) is 17.0. The molecule has 0 aromatic rings. The number of carbonyl (C=O) groups is 1. The first-order valence-corrected chi connectivity index (χ1v) is 9.02. The van der Waals surface area contributed by atoms with Gasteiger partial charge in [0.15, 0.2) is 0 Å². The van der Waals surface area contributed by atoms with Gasteiger partial charge in [-0.3, -0.25) is 0 Å². The van der Waals surface area contributed by atoms with Crippen LogP contribution in [0.5, 0.6) is 0 Å². The summed E-state index contributed by atoms with van der Waals surface area (Å²) < 4.78 is 11.8. The third kappa shape index (κ3) is 3.66. The van der Waals surface area contributed by atoms with Gasteiger partial charge >= 0.3 is 6.03 Å². The van der Waals surface area contributed by atoms with E-state index in [1.165, 1.54) is 19.3 Å². The molecule has 0 radical (unpaired) electrons. The lowest BCUT2D eigenvalue weighted by Gasteiger charge is -2.48. The fourth-order valence-corrected chi connectivity index (χ4v) is 4.20. The number of nitrogens with zero attached hydrogens (tertiary/aromatic N) is 1. The quantitative estimate of drug-likeness (QED) is 0.868. The van der Waals surface area contributed by atoms with E-state index in [1.54, 1.807) is 0 Å². The Morgan fingerprint density at radius 2 is 2.04 bits per heavy atom. The van der Waals surface area contributed by atoms with Gasteiger partial charge in [0.25, 0.3) is 0 Å². The molecule has 2 amide bonds. The van der Waals surface area contributed by atoms with Gasteiger partial charge in [-0.05, 0) is 38.0 Å². The summed E-state index contributed by atoms with van der Waals surface area (Å²) in [7, 11) is 0. The lowest BCUT2D eigenvalue weighted by atomic mass is 9.67. The van der Waals surface area contributed by atoms with Crippen LogP contribution in [0.3, 0.4) is 0 Å². The lowest BCUT2D eigenvalue weighted by molar-refractivity contribution is -0.185. The van der Waals surface area contributed by atoms with Gasteiger partial charge in [0.1, 0.15) is 5.60 Å². The molecular formula is C18H32N2O3. The molecule has 1 N–H and O–H groups in total. The Hall–Kier alpha value is -0.810. The number of hydrogen-bond acceptors (Lipinski definition) is 3. The van der Waals surface area contributed by atoms with Crippen molar-refractivity contribution >= 4 is 6.03 Å². The molecule has 0 aromatic heterocycles. The van der Waals surface area contributed by atoms with Crippen LogP contribution in [0, 0.1) is 11.3 Å². The Kier molecular flexibility index (Phi) is 4.38. The summed E-state index contributed by atoms with van der Waals surface area (Å²) in [5, 5.41) is 3.18. The molecular weight excluding hydrogens is 292 g/mol.